The van der Waals surface area contributed by atoms with Crippen molar-refractivity contribution in [2.45, 2.75) is 50.4 Å². The number of carbonyl (C=O) groups is 2. The summed E-state index contributed by atoms with van der Waals surface area (Å²) < 4.78 is 43.1. The summed E-state index contributed by atoms with van der Waals surface area (Å²) >= 11 is 3.34. The van der Waals surface area contributed by atoms with Crippen LogP contribution in [0.4, 0.5) is 13.2 Å². The number of oxime groups is 1. The monoisotopic (exact) mass is 568 g/mol. The smallest absolute Gasteiger partial charge is 0.274 e. The molecule has 2 bridgehead atoms. The fraction of sp³-hybridized carbons (Fsp3) is 0.391. The quantitative estimate of drug-likeness (QED) is 0.591. The maximum Gasteiger partial charge on any atom is 0.274 e. The van der Waals surface area contributed by atoms with Gasteiger partial charge in [0.2, 0.25) is 5.43 Å². The minimum atomic E-state index is -1.21. The van der Waals surface area contributed by atoms with E-state index in [-0.39, 0.29) is 18.3 Å². The fourth-order valence-corrected chi connectivity index (χ4v) is 5.62. The lowest BCUT2D eigenvalue weighted by Crippen LogP contribution is -2.52. The number of carbonyl (C=O) groups excluding carboxylic acids is 2. The minimum Gasteiger partial charge on any atom is -0.503 e. The number of halogens is 4. The summed E-state index contributed by atoms with van der Waals surface area (Å²) in [5.41, 5.74) is -3.42. The zero-order valence-corrected chi connectivity index (χ0v) is 20.4. The third-order valence-electron chi connectivity index (χ3n) is 7.05. The number of aromatic hydroxyl groups is 1. The van der Waals surface area contributed by atoms with E-state index >= 15 is 0 Å². The standard InChI is InChI=1S/C23H20BrF3N4O5/c1-10-2-3-23(6-17(24)29-36-23)16-9-30(10)22(35)18-20(33)19(32)13(8-31(16)18)21(34)28-7-12-14(26)4-11(25)5-15(12)27/h4-5,8,10,16,33H,2-3,6-7,9H2,1H3,(H,28,34)/t10-,16+,23-/m0/s1. The van der Waals surface area contributed by atoms with Crippen LogP contribution in [0, 0.1) is 17.5 Å². The van der Waals surface area contributed by atoms with Gasteiger partial charge in [-0.15, -0.1) is 0 Å². The topological polar surface area (TPSA) is 113 Å². The first-order valence-corrected chi connectivity index (χ1v) is 11.9. The molecule has 1 aromatic heterocycles. The van der Waals surface area contributed by atoms with E-state index in [1.54, 1.807) is 4.90 Å². The fourth-order valence-electron chi connectivity index (χ4n) is 5.08. The second-order valence-electron chi connectivity index (χ2n) is 9.17. The van der Waals surface area contributed by atoms with Crippen LogP contribution in [0.2, 0.25) is 0 Å². The molecule has 1 fully saturated rings. The number of rotatable bonds is 3. The molecule has 2 N–H and O–H groups in total. The number of nitrogens with zero attached hydrogens (tertiary/aromatic N) is 3. The Kier molecular flexibility index (Phi) is 5.85. The lowest BCUT2D eigenvalue weighted by Gasteiger charge is -2.41. The molecule has 1 aromatic carbocycles. The second kappa shape index (κ2) is 8.64. The van der Waals surface area contributed by atoms with E-state index < -0.39 is 69.8 Å². The van der Waals surface area contributed by atoms with Gasteiger partial charge in [-0.05, 0) is 35.7 Å². The Balaban J connectivity index is 1.55. The molecule has 0 aliphatic carbocycles. The zero-order valence-electron chi connectivity index (χ0n) is 18.9. The Bertz CT molecular complexity index is 1370. The van der Waals surface area contributed by atoms with Gasteiger partial charge in [-0.3, -0.25) is 14.4 Å². The predicted octanol–water partition coefficient (Wildman–Crippen LogP) is 2.95. The van der Waals surface area contributed by atoms with Crippen molar-refractivity contribution < 1.29 is 32.7 Å². The zero-order chi connectivity index (χ0) is 25.9. The van der Waals surface area contributed by atoms with Crippen molar-refractivity contribution in [1.82, 2.24) is 14.8 Å². The first-order valence-electron chi connectivity index (χ1n) is 11.1. The molecule has 1 saturated heterocycles. The molecular weight excluding hydrogens is 549 g/mol. The molecule has 0 radical (unpaired) electrons. The van der Waals surface area contributed by atoms with Gasteiger partial charge < -0.3 is 24.7 Å². The molecule has 36 heavy (non-hydrogen) atoms. The molecule has 0 unspecified atom stereocenters. The highest BCUT2D eigenvalue weighted by atomic mass is 79.9. The highest BCUT2D eigenvalue weighted by molar-refractivity contribution is 9.18. The van der Waals surface area contributed by atoms with Crippen LogP contribution in [0.25, 0.3) is 0 Å². The molecule has 2 aromatic rings. The Morgan fingerprint density at radius 3 is 2.64 bits per heavy atom. The van der Waals surface area contributed by atoms with Crippen LogP contribution < -0.4 is 10.7 Å². The van der Waals surface area contributed by atoms with Crippen molar-refractivity contribution in [3.8, 4) is 5.75 Å². The maximum absolute atomic E-state index is 14.0. The Morgan fingerprint density at radius 2 is 2.00 bits per heavy atom. The van der Waals surface area contributed by atoms with Crippen LogP contribution >= 0.6 is 15.9 Å². The van der Waals surface area contributed by atoms with Crippen LogP contribution in [0.15, 0.2) is 28.3 Å². The van der Waals surface area contributed by atoms with E-state index in [1.807, 2.05) is 6.92 Å². The molecule has 13 heteroatoms. The molecule has 1 spiro atoms. The number of aromatic nitrogens is 1. The number of benzene rings is 1. The summed E-state index contributed by atoms with van der Waals surface area (Å²) in [6, 6.07) is 0.138. The molecule has 3 atom stereocenters. The minimum absolute atomic E-state index is 0.193. The van der Waals surface area contributed by atoms with E-state index in [1.165, 1.54) is 4.57 Å². The normalized spacial score (nSPS) is 24.8. The summed E-state index contributed by atoms with van der Waals surface area (Å²) in [6.07, 6.45) is 2.62. The number of pyridine rings is 1. The molecule has 190 valence electrons. The molecule has 3 aliphatic rings. The van der Waals surface area contributed by atoms with Crippen molar-refractivity contribution in [3.05, 3.63) is 62.8 Å². The number of amides is 2. The summed E-state index contributed by atoms with van der Waals surface area (Å²) in [5.74, 6) is -6.05. The van der Waals surface area contributed by atoms with Crippen molar-refractivity contribution in [2.75, 3.05) is 6.54 Å². The number of fused-ring (bicyclic) bond motifs is 5. The van der Waals surface area contributed by atoms with Gasteiger partial charge in [-0.2, -0.15) is 0 Å². The highest BCUT2D eigenvalue weighted by Gasteiger charge is 2.54. The number of hydrogen-bond acceptors (Lipinski definition) is 6. The molecule has 5 rings (SSSR count). The van der Waals surface area contributed by atoms with Gasteiger partial charge in [0, 0.05) is 49.4 Å². The summed E-state index contributed by atoms with van der Waals surface area (Å²) in [4.78, 5) is 46.4. The van der Waals surface area contributed by atoms with Crippen LogP contribution in [-0.4, -0.2) is 49.2 Å². The van der Waals surface area contributed by atoms with Crippen LogP contribution in [0.3, 0.4) is 0 Å². The maximum atomic E-state index is 14.0. The van der Waals surface area contributed by atoms with Gasteiger partial charge in [0.25, 0.3) is 11.8 Å². The van der Waals surface area contributed by atoms with Crippen LogP contribution in [-0.2, 0) is 11.4 Å². The van der Waals surface area contributed by atoms with Crippen LogP contribution in [0.5, 0.6) is 5.75 Å². The second-order valence-corrected chi connectivity index (χ2v) is 10.1. The van der Waals surface area contributed by atoms with Gasteiger partial charge in [0.1, 0.15) is 27.6 Å². The Labute approximate surface area is 210 Å². The number of nitrogens with one attached hydrogen (secondary N) is 1. The van der Waals surface area contributed by atoms with E-state index in [4.69, 9.17) is 4.84 Å². The van der Waals surface area contributed by atoms with E-state index in [9.17, 15) is 32.7 Å². The average molecular weight is 569 g/mol. The molecule has 2 amide bonds. The van der Waals surface area contributed by atoms with Crippen molar-refractivity contribution in [1.29, 1.82) is 0 Å². The lowest BCUT2D eigenvalue weighted by atomic mass is 9.86. The van der Waals surface area contributed by atoms with Crippen molar-refractivity contribution >= 4 is 32.4 Å². The molecule has 0 saturated carbocycles. The first kappa shape index (κ1) is 24.3. The third kappa shape index (κ3) is 3.76. The van der Waals surface area contributed by atoms with Crippen molar-refractivity contribution in [3.63, 3.8) is 0 Å². The van der Waals surface area contributed by atoms with Gasteiger partial charge in [0.15, 0.2) is 17.0 Å². The van der Waals surface area contributed by atoms with Gasteiger partial charge in [-0.25, -0.2) is 13.2 Å². The molecular formula is C23H20BrF3N4O5. The molecule has 9 nitrogen and oxygen atoms in total. The van der Waals surface area contributed by atoms with E-state index in [2.05, 4.69) is 26.4 Å². The van der Waals surface area contributed by atoms with E-state index in [0.29, 0.717) is 36.0 Å². The SMILES string of the molecule is C[C@H]1CC[C@]2(CC(Br)=NO2)[C@H]2CN1C(=O)c1c(O)c(=O)c(C(=O)NCc3c(F)cc(F)cc3F)cn12. The Hall–Kier alpha value is -3.35. The lowest BCUT2D eigenvalue weighted by molar-refractivity contribution is -0.0655. The summed E-state index contributed by atoms with van der Waals surface area (Å²) in [6.45, 7) is 1.37. The summed E-state index contributed by atoms with van der Waals surface area (Å²) in [7, 11) is 0. The largest absolute Gasteiger partial charge is 0.503 e. The molecule has 4 heterocycles. The van der Waals surface area contributed by atoms with Gasteiger partial charge in [-0.1, -0.05) is 5.16 Å². The van der Waals surface area contributed by atoms with Gasteiger partial charge in [0.05, 0.1) is 6.04 Å². The molecule has 3 aliphatic heterocycles. The average Bonchev–Trinajstić information content (AvgIpc) is 3.14. The predicted molar refractivity (Wildman–Crippen MR) is 123 cm³/mol. The Morgan fingerprint density at radius 1 is 1.31 bits per heavy atom. The van der Waals surface area contributed by atoms with E-state index in [0.717, 1.165) is 6.20 Å². The highest BCUT2D eigenvalue weighted by Crippen LogP contribution is 2.46. The first-order chi connectivity index (χ1) is 17.0. The van der Waals surface area contributed by atoms with Crippen molar-refractivity contribution in [2.24, 2.45) is 5.16 Å². The third-order valence-corrected chi connectivity index (χ3v) is 7.48. The number of hydrogen-bond donors (Lipinski definition) is 2. The van der Waals surface area contributed by atoms with Crippen LogP contribution in [0.1, 0.15) is 58.6 Å². The summed E-state index contributed by atoms with van der Waals surface area (Å²) in [5, 5.41) is 17.0. The van der Waals surface area contributed by atoms with Gasteiger partial charge >= 0.3 is 0 Å².